The Kier molecular flexibility index (Phi) is 2.54. The quantitative estimate of drug-likeness (QED) is 0.735. The molecule has 0 amide bonds. The van der Waals surface area contributed by atoms with Gasteiger partial charge in [-0.3, -0.25) is 0 Å². The molecule has 2 rings (SSSR count). The van der Waals surface area contributed by atoms with Crippen LogP contribution in [-0.4, -0.2) is 10.1 Å². The summed E-state index contributed by atoms with van der Waals surface area (Å²) >= 11 is 0. The number of phenolic OH excluding ortho intramolecular Hbond substituents is 1. The van der Waals surface area contributed by atoms with E-state index in [0.717, 1.165) is 16.3 Å². The van der Waals surface area contributed by atoms with Crippen molar-refractivity contribution < 1.29 is 5.11 Å². The molecule has 0 saturated heterocycles. The second-order valence-corrected chi connectivity index (χ2v) is 4.09. The van der Waals surface area contributed by atoms with Crippen molar-refractivity contribution in [3.8, 4) is 18.1 Å². The topological polar surface area (TPSA) is 33.1 Å². The predicted molar refractivity (Wildman–Crippen MR) is 65.4 cm³/mol. The molecular formula is C14H13NO. The molecule has 0 unspecified atom stereocenters. The Morgan fingerprint density at radius 3 is 2.75 bits per heavy atom. The highest BCUT2D eigenvalue weighted by molar-refractivity contribution is 5.91. The number of nitrogens with zero attached hydrogens (tertiary/aromatic N) is 1. The molecule has 0 saturated carbocycles. The van der Waals surface area contributed by atoms with E-state index in [1.165, 1.54) is 0 Å². The van der Waals surface area contributed by atoms with E-state index < -0.39 is 0 Å². The van der Waals surface area contributed by atoms with Crippen LogP contribution in [0.4, 0.5) is 0 Å². The summed E-state index contributed by atoms with van der Waals surface area (Å²) in [6, 6.07) is 5.33. The summed E-state index contributed by atoms with van der Waals surface area (Å²) in [7, 11) is 0. The van der Waals surface area contributed by atoms with Gasteiger partial charge >= 0.3 is 0 Å². The van der Waals surface area contributed by atoms with Crippen LogP contribution in [0.3, 0.4) is 0 Å². The van der Waals surface area contributed by atoms with E-state index >= 15 is 0 Å². The maximum Gasteiger partial charge on any atom is 0.120 e. The van der Waals surface area contributed by atoms with Gasteiger partial charge in [0.15, 0.2) is 0 Å². The van der Waals surface area contributed by atoms with Crippen LogP contribution in [0, 0.1) is 12.3 Å². The molecule has 0 aliphatic carbocycles. The van der Waals surface area contributed by atoms with E-state index in [2.05, 4.69) is 24.8 Å². The lowest BCUT2D eigenvalue weighted by atomic mass is 9.95. The monoisotopic (exact) mass is 211 g/mol. The molecule has 0 bridgehead atoms. The van der Waals surface area contributed by atoms with E-state index in [9.17, 15) is 5.11 Å². The molecule has 0 atom stereocenters. The van der Waals surface area contributed by atoms with E-state index in [-0.39, 0.29) is 5.75 Å². The maximum absolute atomic E-state index is 9.65. The van der Waals surface area contributed by atoms with Crippen LogP contribution in [-0.2, 0) is 0 Å². The Balaban J connectivity index is 2.92. The second-order valence-electron chi connectivity index (χ2n) is 4.09. The lowest BCUT2D eigenvalue weighted by Crippen LogP contribution is -1.94. The summed E-state index contributed by atoms with van der Waals surface area (Å²) in [6.45, 7) is 4.14. The Morgan fingerprint density at radius 1 is 1.38 bits per heavy atom. The minimum absolute atomic E-state index is 0.269. The van der Waals surface area contributed by atoms with Crippen LogP contribution in [0.1, 0.15) is 31.0 Å². The average Bonchev–Trinajstić information content (AvgIpc) is 2.26. The number of hydrogen-bond donors (Lipinski definition) is 1. The smallest absolute Gasteiger partial charge is 0.120 e. The van der Waals surface area contributed by atoms with Crippen LogP contribution in [0.2, 0.25) is 0 Å². The van der Waals surface area contributed by atoms with Gasteiger partial charge in [-0.05, 0) is 41.0 Å². The number of benzene rings is 1. The van der Waals surface area contributed by atoms with Gasteiger partial charge in [-0.1, -0.05) is 13.8 Å². The Hall–Kier alpha value is -2.01. The minimum Gasteiger partial charge on any atom is -0.508 e. The molecule has 0 aliphatic rings. The first-order chi connectivity index (χ1) is 7.63. The number of terminal acetylenes is 1. The lowest BCUT2D eigenvalue weighted by Gasteiger charge is -2.11. The standard InChI is InChI=1S/C14H13NO/c1-4-13-14-10(5-6-15-13)7-11(16)8-12(14)9(2)3/h1,5-9,16H,2-3H3. The largest absolute Gasteiger partial charge is 0.508 e. The number of phenols is 1. The average molecular weight is 211 g/mol. The molecular weight excluding hydrogens is 198 g/mol. The number of rotatable bonds is 1. The first kappa shape index (κ1) is 10.5. The molecule has 0 radical (unpaired) electrons. The van der Waals surface area contributed by atoms with Gasteiger partial charge in [0.25, 0.3) is 0 Å². The van der Waals surface area contributed by atoms with Gasteiger partial charge in [0.2, 0.25) is 0 Å². The highest BCUT2D eigenvalue weighted by Gasteiger charge is 2.10. The molecule has 2 nitrogen and oxygen atoms in total. The summed E-state index contributed by atoms with van der Waals surface area (Å²) in [5.74, 6) is 3.16. The third-order valence-electron chi connectivity index (χ3n) is 2.64. The fraction of sp³-hybridized carbons (Fsp3) is 0.214. The summed E-state index contributed by atoms with van der Waals surface area (Å²) in [5, 5.41) is 11.6. The fourth-order valence-corrected chi connectivity index (χ4v) is 1.90. The lowest BCUT2D eigenvalue weighted by molar-refractivity contribution is 0.475. The summed E-state index contributed by atoms with van der Waals surface area (Å²) < 4.78 is 0. The van der Waals surface area contributed by atoms with Crippen molar-refractivity contribution in [2.45, 2.75) is 19.8 Å². The Bertz CT molecular complexity index is 579. The van der Waals surface area contributed by atoms with Crippen molar-refractivity contribution in [3.05, 3.63) is 35.7 Å². The van der Waals surface area contributed by atoms with E-state index in [1.54, 1.807) is 18.3 Å². The molecule has 16 heavy (non-hydrogen) atoms. The minimum atomic E-state index is 0.269. The van der Waals surface area contributed by atoms with Crippen molar-refractivity contribution >= 4 is 10.8 Å². The zero-order valence-electron chi connectivity index (χ0n) is 9.36. The number of aromatic hydroxyl groups is 1. The zero-order chi connectivity index (χ0) is 11.7. The molecule has 1 aromatic heterocycles. The number of hydrogen-bond acceptors (Lipinski definition) is 2. The van der Waals surface area contributed by atoms with Crippen LogP contribution in [0.5, 0.6) is 5.75 Å². The van der Waals surface area contributed by atoms with Gasteiger partial charge in [-0.15, -0.1) is 6.42 Å². The predicted octanol–water partition coefficient (Wildman–Crippen LogP) is 3.05. The number of pyridine rings is 1. The molecule has 0 fully saturated rings. The molecule has 2 heteroatoms. The van der Waals surface area contributed by atoms with Crippen molar-refractivity contribution in [3.63, 3.8) is 0 Å². The van der Waals surface area contributed by atoms with Crippen LogP contribution in [0.15, 0.2) is 24.4 Å². The molecule has 2 aromatic rings. The molecule has 1 aromatic carbocycles. The third-order valence-corrected chi connectivity index (χ3v) is 2.64. The molecule has 0 spiro atoms. The highest BCUT2D eigenvalue weighted by atomic mass is 16.3. The summed E-state index contributed by atoms with van der Waals surface area (Å²) in [6.07, 6.45) is 7.12. The molecule has 80 valence electrons. The molecule has 1 N–H and O–H groups in total. The first-order valence-electron chi connectivity index (χ1n) is 5.21. The van der Waals surface area contributed by atoms with Crippen LogP contribution >= 0.6 is 0 Å². The van der Waals surface area contributed by atoms with Crippen molar-refractivity contribution in [1.82, 2.24) is 4.98 Å². The van der Waals surface area contributed by atoms with E-state index in [0.29, 0.717) is 11.6 Å². The van der Waals surface area contributed by atoms with Crippen LogP contribution in [0.25, 0.3) is 10.8 Å². The Morgan fingerprint density at radius 2 is 2.12 bits per heavy atom. The maximum atomic E-state index is 9.65. The summed E-state index contributed by atoms with van der Waals surface area (Å²) in [4.78, 5) is 4.18. The number of fused-ring (bicyclic) bond motifs is 1. The van der Waals surface area contributed by atoms with Gasteiger partial charge in [0, 0.05) is 11.6 Å². The van der Waals surface area contributed by atoms with Crippen molar-refractivity contribution in [1.29, 1.82) is 0 Å². The van der Waals surface area contributed by atoms with E-state index in [1.807, 2.05) is 6.07 Å². The second kappa shape index (κ2) is 3.86. The molecule has 0 aliphatic heterocycles. The third kappa shape index (κ3) is 1.61. The fourth-order valence-electron chi connectivity index (χ4n) is 1.90. The highest BCUT2D eigenvalue weighted by Crippen LogP contribution is 2.31. The van der Waals surface area contributed by atoms with E-state index in [4.69, 9.17) is 6.42 Å². The van der Waals surface area contributed by atoms with Crippen LogP contribution < -0.4 is 0 Å². The molecule has 1 heterocycles. The van der Waals surface area contributed by atoms with Gasteiger partial charge in [0.05, 0.1) is 0 Å². The van der Waals surface area contributed by atoms with Crippen molar-refractivity contribution in [2.24, 2.45) is 0 Å². The summed E-state index contributed by atoms with van der Waals surface area (Å²) in [5.41, 5.74) is 1.68. The first-order valence-corrected chi connectivity index (χ1v) is 5.21. The normalized spacial score (nSPS) is 10.6. The van der Waals surface area contributed by atoms with Gasteiger partial charge in [-0.2, -0.15) is 0 Å². The zero-order valence-corrected chi connectivity index (χ0v) is 9.36. The number of aromatic nitrogens is 1. The van der Waals surface area contributed by atoms with Gasteiger partial charge in [0.1, 0.15) is 11.4 Å². The van der Waals surface area contributed by atoms with Gasteiger partial charge < -0.3 is 5.11 Å². The Labute approximate surface area is 95.0 Å². The van der Waals surface area contributed by atoms with Crippen molar-refractivity contribution in [2.75, 3.05) is 0 Å². The van der Waals surface area contributed by atoms with Gasteiger partial charge in [-0.25, -0.2) is 4.98 Å². The SMILES string of the molecule is C#Cc1nccc2cc(O)cc(C(C)C)c12.